The van der Waals surface area contributed by atoms with Gasteiger partial charge in [-0.2, -0.15) is 13.2 Å². The number of carbonyl (C=O) groups excluding carboxylic acids is 1. The smallest absolute Gasteiger partial charge is 0.350 e. The van der Waals surface area contributed by atoms with E-state index in [0.29, 0.717) is 24.2 Å². The number of benzene rings is 3. The summed E-state index contributed by atoms with van der Waals surface area (Å²) in [4.78, 5) is 20.4. The largest absolute Gasteiger partial charge is 0.416 e. The lowest BCUT2D eigenvalue weighted by Gasteiger charge is -2.38. The molecular weight excluding hydrogens is 489 g/mol. The lowest BCUT2D eigenvalue weighted by molar-refractivity contribution is -0.137. The molecule has 5 rings (SSSR count). The first-order valence-corrected chi connectivity index (χ1v) is 12.9. The average Bonchev–Trinajstić information content (AvgIpc) is 3.23. The van der Waals surface area contributed by atoms with Gasteiger partial charge < -0.3 is 9.88 Å². The average molecular weight is 521 g/mol. The molecular formula is C30H31F3N4O. The lowest BCUT2D eigenvalue weighted by atomic mass is 9.98. The van der Waals surface area contributed by atoms with E-state index in [9.17, 15) is 18.0 Å². The molecule has 0 bridgehead atoms. The summed E-state index contributed by atoms with van der Waals surface area (Å²) in [5.74, 6) is 0.771. The molecule has 1 unspecified atom stereocenters. The quantitative estimate of drug-likeness (QED) is 0.322. The number of fused-ring (bicyclic) bond motifs is 1. The molecule has 8 heteroatoms. The molecule has 1 amide bonds. The Balaban J connectivity index is 1.32. The molecule has 0 aliphatic carbocycles. The maximum atomic E-state index is 13.5. The lowest BCUT2D eigenvalue weighted by Crippen LogP contribution is -2.44. The monoisotopic (exact) mass is 520 g/mol. The number of aryl methyl sites for hydroxylation is 2. The fourth-order valence-electron chi connectivity index (χ4n) is 5.61. The Morgan fingerprint density at radius 3 is 2.39 bits per heavy atom. The van der Waals surface area contributed by atoms with Crippen LogP contribution in [0, 0.1) is 13.8 Å². The predicted molar refractivity (Wildman–Crippen MR) is 142 cm³/mol. The molecule has 1 aliphatic heterocycles. The van der Waals surface area contributed by atoms with Crippen LogP contribution < -0.4 is 5.32 Å². The van der Waals surface area contributed by atoms with E-state index in [1.54, 1.807) is 13.0 Å². The van der Waals surface area contributed by atoms with Crippen LogP contribution in [0.2, 0.25) is 0 Å². The van der Waals surface area contributed by atoms with Gasteiger partial charge in [-0.1, -0.05) is 54.1 Å². The van der Waals surface area contributed by atoms with Crippen molar-refractivity contribution in [2.24, 2.45) is 0 Å². The summed E-state index contributed by atoms with van der Waals surface area (Å²) in [6.07, 6.45) is -2.70. The number of aromatic nitrogens is 2. The van der Waals surface area contributed by atoms with Gasteiger partial charge >= 0.3 is 6.18 Å². The van der Waals surface area contributed by atoms with Gasteiger partial charge in [0, 0.05) is 25.7 Å². The first-order valence-electron chi connectivity index (χ1n) is 12.9. The number of para-hydroxylation sites is 2. The van der Waals surface area contributed by atoms with Crippen molar-refractivity contribution < 1.29 is 18.0 Å². The van der Waals surface area contributed by atoms with Crippen LogP contribution in [-0.4, -0.2) is 33.4 Å². The molecule has 1 aliphatic rings. The van der Waals surface area contributed by atoms with Gasteiger partial charge in [-0.25, -0.2) is 4.98 Å². The summed E-state index contributed by atoms with van der Waals surface area (Å²) < 4.78 is 42.2. The van der Waals surface area contributed by atoms with E-state index < -0.39 is 17.8 Å². The van der Waals surface area contributed by atoms with E-state index in [1.807, 2.05) is 55.5 Å². The Labute approximate surface area is 220 Å². The highest BCUT2D eigenvalue weighted by molar-refractivity contribution is 5.83. The summed E-state index contributed by atoms with van der Waals surface area (Å²) in [7, 11) is 0. The molecule has 0 saturated carbocycles. The van der Waals surface area contributed by atoms with E-state index >= 15 is 0 Å². The van der Waals surface area contributed by atoms with Crippen molar-refractivity contribution in [3.05, 3.63) is 101 Å². The van der Waals surface area contributed by atoms with Crippen LogP contribution in [0.4, 0.5) is 13.2 Å². The molecule has 5 nitrogen and oxygen atoms in total. The minimum Gasteiger partial charge on any atom is -0.350 e. The number of alkyl halides is 3. The van der Waals surface area contributed by atoms with Crippen LogP contribution in [0.5, 0.6) is 0 Å². The molecule has 3 aromatic carbocycles. The van der Waals surface area contributed by atoms with Crippen molar-refractivity contribution in [3.63, 3.8) is 0 Å². The van der Waals surface area contributed by atoms with E-state index in [2.05, 4.69) is 20.9 Å². The third-order valence-corrected chi connectivity index (χ3v) is 7.30. The standard InChI is InChI=1S/C30H31F3N4O/c1-20-16-22(18-24(17-20)30(31,32)33)19-34-29(38)28(23-8-4-3-5-9-23)36-14-12-25(13-15-36)37-21(2)35-26-10-6-7-11-27(26)37/h3-11,16-18,25,28H,12-15,19H2,1-2H3,(H,34,38). The van der Waals surface area contributed by atoms with Crippen LogP contribution in [-0.2, 0) is 17.5 Å². The molecule has 1 aromatic heterocycles. The molecule has 38 heavy (non-hydrogen) atoms. The van der Waals surface area contributed by atoms with Crippen molar-refractivity contribution in [1.29, 1.82) is 0 Å². The zero-order valence-electron chi connectivity index (χ0n) is 21.5. The zero-order chi connectivity index (χ0) is 26.9. The fraction of sp³-hybridized carbons (Fsp3) is 0.333. The summed E-state index contributed by atoms with van der Waals surface area (Å²) in [5.41, 5.74) is 3.21. The SMILES string of the molecule is Cc1cc(CNC(=O)C(c2ccccc2)N2CCC(n3c(C)nc4ccccc43)CC2)cc(C(F)(F)F)c1. The molecule has 1 saturated heterocycles. The second-order valence-corrected chi connectivity index (χ2v) is 10.0. The minimum atomic E-state index is -4.43. The molecule has 1 N–H and O–H groups in total. The van der Waals surface area contributed by atoms with E-state index in [4.69, 9.17) is 4.98 Å². The van der Waals surface area contributed by atoms with Crippen molar-refractivity contribution in [3.8, 4) is 0 Å². The molecule has 198 valence electrons. The predicted octanol–water partition coefficient (Wildman–Crippen LogP) is 6.37. The topological polar surface area (TPSA) is 50.2 Å². The third-order valence-electron chi connectivity index (χ3n) is 7.30. The van der Waals surface area contributed by atoms with E-state index in [1.165, 1.54) is 0 Å². The van der Waals surface area contributed by atoms with Gasteiger partial charge in [0.05, 0.1) is 16.6 Å². The molecule has 1 atom stereocenters. The first-order chi connectivity index (χ1) is 18.2. The number of likely N-dealkylation sites (tertiary alicyclic amines) is 1. The Hall–Kier alpha value is -3.65. The van der Waals surface area contributed by atoms with Crippen molar-refractivity contribution >= 4 is 16.9 Å². The molecule has 4 aromatic rings. The summed E-state index contributed by atoms with van der Waals surface area (Å²) in [6, 6.07) is 21.4. The van der Waals surface area contributed by atoms with E-state index in [-0.39, 0.29) is 18.5 Å². The Morgan fingerprint density at radius 1 is 1.00 bits per heavy atom. The van der Waals surface area contributed by atoms with Gasteiger partial charge in [-0.3, -0.25) is 9.69 Å². The number of amides is 1. The second kappa shape index (κ2) is 10.6. The van der Waals surface area contributed by atoms with Crippen LogP contribution in [0.25, 0.3) is 11.0 Å². The van der Waals surface area contributed by atoms with Crippen LogP contribution in [0.1, 0.15) is 53.0 Å². The number of hydrogen-bond acceptors (Lipinski definition) is 3. The summed E-state index contributed by atoms with van der Waals surface area (Å²) in [5, 5.41) is 2.91. The minimum absolute atomic E-state index is 0.0314. The Bertz CT molecular complexity index is 1420. The third kappa shape index (κ3) is 5.45. The number of nitrogens with zero attached hydrogens (tertiary/aromatic N) is 3. The summed E-state index contributed by atoms with van der Waals surface area (Å²) in [6.45, 7) is 5.12. The van der Waals surface area contributed by atoms with Crippen molar-refractivity contribution in [1.82, 2.24) is 19.8 Å². The fourth-order valence-corrected chi connectivity index (χ4v) is 5.61. The van der Waals surface area contributed by atoms with Crippen molar-refractivity contribution in [2.75, 3.05) is 13.1 Å². The van der Waals surface area contributed by atoms with Gasteiger partial charge in [0.2, 0.25) is 5.91 Å². The number of halogens is 3. The van der Waals surface area contributed by atoms with Crippen molar-refractivity contribution in [2.45, 2.75) is 51.5 Å². The highest BCUT2D eigenvalue weighted by Gasteiger charge is 2.33. The Morgan fingerprint density at radius 2 is 1.68 bits per heavy atom. The van der Waals surface area contributed by atoms with Gasteiger partial charge in [0.25, 0.3) is 0 Å². The number of imidazole rings is 1. The number of rotatable bonds is 6. The first kappa shape index (κ1) is 26.0. The zero-order valence-corrected chi connectivity index (χ0v) is 21.5. The number of nitrogens with one attached hydrogen (secondary N) is 1. The van der Waals surface area contributed by atoms with Gasteiger partial charge in [-0.15, -0.1) is 0 Å². The number of piperidine rings is 1. The summed E-state index contributed by atoms with van der Waals surface area (Å²) >= 11 is 0. The highest BCUT2D eigenvalue weighted by Crippen LogP contribution is 2.33. The van der Waals surface area contributed by atoms with Gasteiger partial charge in [-0.05, 0) is 62.1 Å². The van der Waals surface area contributed by atoms with Crippen LogP contribution in [0.15, 0.2) is 72.8 Å². The number of hydrogen-bond donors (Lipinski definition) is 1. The van der Waals surface area contributed by atoms with Crippen LogP contribution in [0.3, 0.4) is 0 Å². The Kier molecular flexibility index (Phi) is 7.25. The van der Waals surface area contributed by atoms with E-state index in [0.717, 1.165) is 47.4 Å². The number of carbonyl (C=O) groups is 1. The maximum absolute atomic E-state index is 13.5. The maximum Gasteiger partial charge on any atom is 0.416 e. The van der Waals surface area contributed by atoms with Crippen LogP contribution >= 0.6 is 0 Å². The molecule has 1 fully saturated rings. The molecule has 0 radical (unpaired) electrons. The molecule has 0 spiro atoms. The molecule has 2 heterocycles. The normalized spacial score (nSPS) is 16.0. The highest BCUT2D eigenvalue weighted by atomic mass is 19.4. The second-order valence-electron chi connectivity index (χ2n) is 10.0. The van der Waals surface area contributed by atoms with Gasteiger partial charge in [0.1, 0.15) is 11.9 Å². The van der Waals surface area contributed by atoms with Gasteiger partial charge in [0.15, 0.2) is 0 Å².